The minimum Gasteiger partial charge on any atom is -0.324 e. The second-order valence-corrected chi connectivity index (χ2v) is 7.85. The van der Waals surface area contributed by atoms with Crippen molar-refractivity contribution in [1.29, 1.82) is 0 Å². The van der Waals surface area contributed by atoms with Gasteiger partial charge in [0.1, 0.15) is 11.9 Å². The standard InChI is InChI=1S/C18H21FN2O3S/c1-12-9-10-16(13(2)11-12)20-18(22)14(3)21(25(4,23)24)17-8-6-5-7-15(17)19/h5-11,14H,1-4H3,(H,20,22)/t14-/m1/s1. The molecule has 7 heteroatoms. The summed E-state index contributed by atoms with van der Waals surface area (Å²) < 4.78 is 39.2. The largest absolute Gasteiger partial charge is 0.324 e. The van der Waals surface area contributed by atoms with Crippen molar-refractivity contribution < 1.29 is 17.6 Å². The summed E-state index contributed by atoms with van der Waals surface area (Å²) in [5.41, 5.74) is 2.34. The molecule has 0 aliphatic carbocycles. The van der Waals surface area contributed by atoms with Crippen molar-refractivity contribution >= 4 is 27.3 Å². The van der Waals surface area contributed by atoms with Crippen molar-refractivity contribution in [3.05, 3.63) is 59.4 Å². The van der Waals surface area contributed by atoms with Gasteiger partial charge in [0.2, 0.25) is 15.9 Å². The number of nitrogens with zero attached hydrogens (tertiary/aromatic N) is 1. The van der Waals surface area contributed by atoms with Crippen molar-refractivity contribution in [3.8, 4) is 0 Å². The predicted octanol–water partition coefficient (Wildman–Crippen LogP) is 3.24. The minimum atomic E-state index is -3.86. The van der Waals surface area contributed by atoms with Gasteiger partial charge in [0.05, 0.1) is 11.9 Å². The third-order valence-corrected chi connectivity index (χ3v) is 5.05. The summed E-state index contributed by atoms with van der Waals surface area (Å²) in [7, 11) is -3.86. The maximum absolute atomic E-state index is 14.1. The molecule has 25 heavy (non-hydrogen) atoms. The van der Waals surface area contributed by atoms with E-state index in [4.69, 9.17) is 0 Å². The zero-order valence-corrected chi connectivity index (χ0v) is 15.4. The highest BCUT2D eigenvalue weighted by molar-refractivity contribution is 7.92. The average molecular weight is 364 g/mol. The molecule has 0 aliphatic heterocycles. The molecule has 0 saturated carbocycles. The van der Waals surface area contributed by atoms with Gasteiger partial charge >= 0.3 is 0 Å². The van der Waals surface area contributed by atoms with Crippen LogP contribution in [-0.4, -0.2) is 26.6 Å². The number of sulfonamides is 1. The van der Waals surface area contributed by atoms with Gasteiger partial charge in [-0.05, 0) is 44.5 Å². The summed E-state index contributed by atoms with van der Waals surface area (Å²) in [6.07, 6.45) is 0.945. The van der Waals surface area contributed by atoms with Crippen LogP contribution < -0.4 is 9.62 Å². The zero-order valence-electron chi connectivity index (χ0n) is 14.6. The fraction of sp³-hybridized carbons (Fsp3) is 0.278. The molecule has 0 spiro atoms. The first-order valence-corrected chi connectivity index (χ1v) is 9.58. The van der Waals surface area contributed by atoms with Crippen LogP contribution in [0, 0.1) is 19.7 Å². The van der Waals surface area contributed by atoms with Crippen molar-refractivity contribution in [2.75, 3.05) is 15.9 Å². The van der Waals surface area contributed by atoms with E-state index >= 15 is 0 Å². The first-order chi connectivity index (χ1) is 11.6. The number of benzene rings is 2. The number of amides is 1. The Labute approximate surface area is 147 Å². The summed E-state index contributed by atoms with van der Waals surface area (Å²) in [6, 6.07) is 9.85. The number of para-hydroxylation sites is 1. The molecule has 0 radical (unpaired) electrons. The summed E-state index contributed by atoms with van der Waals surface area (Å²) >= 11 is 0. The molecular weight excluding hydrogens is 343 g/mol. The SMILES string of the molecule is Cc1ccc(NC(=O)[C@@H](C)N(c2ccccc2F)S(C)(=O)=O)c(C)c1. The third-order valence-electron chi connectivity index (χ3n) is 3.82. The van der Waals surface area contributed by atoms with Gasteiger partial charge in [-0.1, -0.05) is 29.8 Å². The molecule has 134 valence electrons. The maximum atomic E-state index is 14.1. The lowest BCUT2D eigenvalue weighted by atomic mass is 10.1. The lowest BCUT2D eigenvalue weighted by molar-refractivity contribution is -0.116. The van der Waals surface area contributed by atoms with Crippen molar-refractivity contribution in [1.82, 2.24) is 0 Å². The monoisotopic (exact) mass is 364 g/mol. The zero-order chi connectivity index (χ0) is 18.8. The minimum absolute atomic E-state index is 0.159. The van der Waals surface area contributed by atoms with E-state index in [1.54, 1.807) is 6.07 Å². The normalized spacial score (nSPS) is 12.5. The molecule has 0 heterocycles. The van der Waals surface area contributed by atoms with Gasteiger partial charge in [-0.2, -0.15) is 0 Å². The van der Waals surface area contributed by atoms with Crippen molar-refractivity contribution in [3.63, 3.8) is 0 Å². The number of nitrogens with one attached hydrogen (secondary N) is 1. The van der Waals surface area contributed by atoms with E-state index in [-0.39, 0.29) is 5.69 Å². The second-order valence-electron chi connectivity index (χ2n) is 5.99. The van der Waals surface area contributed by atoms with Crippen molar-refractivity contribution in [2.24, 2.45) is 0 Å². The molecule has 1 amide bonds. The van der Waals surface area contributed by atoms with Crippen molar-refractivity contribution in [2.45, 2.75) is 26.8 Å². The molecule has 0 aromatic heterocycles. The Morgan fingerprint density at radius 1 is 1.16 bits per heavy atom. The maximum Gasteiger partial charge on any atom is 0.248 e. The number of rotatable bonds is 5. The number of anilines is 2. The Morgan fingerprint density at radius 3 is 2.36 bits per heavy atom. The summed E-state index contributed by atoms with van der Waals surface area (Å²) in [6.45, 7) is 5.20. The molecule has 1 atom stereocenters. The lowest BCUT2D eigenvalue weighted by Gasteiger charge is -2.28. The third kappa shape index (κ3) is 4.36. The Kier molecular flexibility index (Phi) is 5.47. The number of carbonyl (C=O) groups is 1. The Bertz CT molecular complexity index is 897. The molecule has 0 bridgehead atoms. The molecule has 2 rings (SSSR count). The van der Waals surface area contributed by atoms with Crippen LogP contribution in [0.25, 0.3) is 0 Å². The summed E-state index contributed by atoms with van der Waals surface area (Å²) in [4.78, 5) is 12.6. The molecule has 2 aromatic carbocycles. The number of halogens is 1. The van der Waals surface area contributed by atoms with Crippen LogP contribution in [0.2, 0.25) is 0 Å². The van der Waals surface area contributed by atoms with Crippen LogP contribution in [0.5, 0.6) is 0 Å². The van der Waals surface area contributed by atoms with Crippen LogP contribution in [0.3, 0.4) is 0 Å². The van der Waals surface area contributed by atoms with E-state index in [0.717, 1.165) is 27.8 Å². The number of hydrogen-bond donors (Lipinski definition) is 1. The number of carbonyl (C=O) groups excluding carboxylic acids is 1. The van der Waals surface area contributed by atoms with E-state index in [1.807, 2.05) is 26.0 Å². The highest BCUT2D eigenvalue weighted by Gasteiger charge is 2.31. The number of aryl methyl sites for hydroxylation is 2. The Morgan fingerprint density at radius 2 is 1.80 bits per heavy atom. The average Bonchev–Trinajstić information content (AvgIpc) is 2.50. The van der Waals surface area contributed by atoms with Crippen LogP contribution in [0.4, 0.5) is 15.8 Å². The highest BCUT2D eigenvalue weighted by atomic mass is 32.2. The summed E-state index contributed by atoms with van der Waals surface area (Å²) in [5.74, 6) is -1.25. The fourth-order valence-corrected chi connectivity index (χ4v) is 3.78. The quantitative estimate of drug-likeness (QED) is 0.886. The van der Waals surface area contributed by atoms with Crippen LogP contribution in [0.1, 0.15) is 18.1 Å². The fourth-order valence-electron chi connectivity index (χ4n) is 2.60. The lowest BCUT2D eigenvalue weighted by Crippen LogP contribution is -2.45. The van der Waals surface area contributed by atoms with Crippen LogP contribution in [0.15, 0.2) is 42.5 Å². The molecule has 5 nitrogen and oxygen atoms in total. The first-order valence-electron chi connectivity index (χ1n) is 7.73. The first kappa shape index (κ1) is 18.9. The second kappa shape index (κ2) is 7.23. The Balaban J connectivity index is 2.35. The molecule has 2 aromatic rings. The van der Waals surface area contributed by atoms with E-state index < -0.39 is 27.8 Å². The molecular formula is C18H21FN2O3S. The molecule has 0 fully saturated rings. The van der Waals surface area contributed by atoms with Gasteiger partial charge in [0.25, 0.3) is 0 Å². The van der Waals surface area contributed by atoms with E-state index in [1.165, 1.54) is 25.1 Å². The Hall–Kier alpha value is -2.41. The number of hydrogen-bond acceptors (Lipinski definition) is 3. The highest BCUT2D eigenvalue weighted by Crippen LogP contribution is 2.25. The summed E-state index contributed by atoms with van der Waals surface area (Å²) in [5, 5.41) is 2.71. The van der Waals surface area contributed by atoms with Crippen LogP contribution in [-0.2, 0) is 14.8 Å². The smallest absolute Gasteiger partial charge is 0.248 e. The van der Waals surface area contributed by atoms with Gasteiger partial charge in [-0.25, -0.2) is 12.8 Å². The van der Waals surface area contributed by atoms with Gasteiger partial charge in [-0.15, -0.1) is 0 Å². The molecule has 1 N–H and O–H groups in total. The van der Waals surface area contributed by atoms with Gasteiger partial charge in [0.15, 0.2) is 0 Å². The van der Waals surface area contributed by atoms with E-state index in [9.17, 15) is 17.6 Å². The molecule has 0 saturated heterocycles. The van der Waals surface area contributed by atoms with E-state index in [2.05, 4.69) is 5.32 Å². The molecule has 0 unspecified atom stereocenters. The molecule has 0 aliphatic rings. The predicted molar refractivity (Wildman–Crippen MR) is 97.7 cm³/mol. The van der Waals surface area contributed by atoms with E-state index in [0.29, 0.717) is 5.69 Å². The van der Waals surface area contributed by atoms with Gasteiger partial charge in [-0.3, -0.25) is 9.10 Å². The van der Waals surface area contributed by atoms with Gasteiger partial charge < -0.3 is 5.32 Å². The van der Waals surface area contributed by atoms with Gasteiger partial charge in [0, 0.05) is 5.69 Å². The topological polar surface area (TPSA) is 66.5 Å². The van der Waals surface area contributed by atoms with Crippen LogP contribution >= 0.6 is 0 Å².